The summed E-state index contributed by atoms with van der Waals surface area (Å²) < 4.78 is 7.49. The maximum absolute atomic E-state index is 6.06. The van der Waals surface area contributed by atoms with Crippen molar-refractivity contribution < 1.29 is 4.74 Å². The van der Waals surface area contributed by atoms with Crippen LogP contribution in [-0.4, -0.2) is 55.6 Å². The summed E-state index contributed by atoms with van der Waals surface area (Å²) in [6.45, 7) is 7.74. The fourth-order valence-corrected chi connectivity index (χ4v) is 2.61. The Hall–Kier alpha value is -2.16. The first-order chi connectivity index (χ1) is 13.6. The van der Waals surface area contributed by atoms with Crippen LogP contribution in [0.2, 0.25) is 0 Å². The van der Waals surface area contributed by atoms with E-state index in [4.69, 9.17) is 21.9 Å². The van der Waals surface area contributed by atoms with Crippen molar-refractivity contribution in [2.24, 2.45) is 33.1 Å². The lowest BCUT2D eigenvalue weighted by atomic mass is 10.1. The molecule has 0 radical (unpaired) electrons. The van der Waals surface area contributed by atoms with Gasteiger partial charge in [-0.15, -0.1) is 0 Å². The number of aromatic nitrogens is 1. The Kier molecular flexibility index (Phi) is 12.7. The van der Waals surface area contributed by atoms with Gasteiger partial charge in [-0.1, -0.05) is 6.08 Å². The summed E-state index contributed by atoms with van der Waals surface area (Å²) in [6, 6.07) is 4.13. The molecule has 0 bridgehead atoms. The standard InChI is InChI=1S/C20H37N7O/c1-3-27-11-7-9-19(27)8-5-6-10-26-20(23)17(12-21)13-24-16-25-14-18(22)15-28-4-2/h6-7,9-11,16-18H,3-5,8,12-15,21-22H2,1-2H3,(H2,23,26)(H,24,25)/b10-6+/t17-,18-/m1/s1. The van der Waals surface area contributed by atoms with Crippen molar-refractivity contribution in [2.45, 2.75) is 39.3 Å². The van der Waals surface area contributed by atoms with Gasteiger partial charge in [-0.2, -0.15) is 0 Å². The molecule has 1 heterocycles. The van der Waals surface area contributed by atoms with Gasteiger partial charge in [-0.3, -0.25) is 4.99 Å². The van der Waals surface area contributed by atoms with Crippen LogP contribution in [0.15, 0.2) is 40.6 Å². The zero-order valence-electron chi connectivity index (χ0n) is 17.3. The third-order valence-electron chi connectivity index (χ3n) is 4.29. The molecule has 8 nitrogen and oxygen atoms in total. The second-order valence-electron chi connectivity index (χ2n) is 6.52. The van der Waals surface area contributed by atoms with Crippen LogP contribution in [-0.2, 0) is 17.7 Å². The summed E-state index contributed by atoms with van der Waals surface area (Å²) in [5.41, 5.74) is 19.1. The van der Waals surface area contributed by atoms with Crippen molar-refractivity contribution in [3.05, 3.63) is 36.3 Å². The van der Waals surface area contributed by atoms with Gasteiger partial charge < -0.3 is 31.8 Å². The zero-order valence-corrected chi connectivity index (χ0v) is 17.3. The topological polar surface area (TPSA) is 129 Å². The van der Waals surface area contributed by atoms with Gasteiger partial charge >= 0.3 is 0 Å². The largest absolute Gasteiger partial charge is 0.387 e. The normalized spacial score (nSPS) is 14.8. The van der Waals surface area contributed by atoms with Crippen LogP contribution in [0.3, 0.4) is 0 Å². The molecule has 0 amide bonds. The molecule has 28 heavy (non-hydrogen) atoms. The smallest absolute Gasteiger partial charge is 0.105 e. The molecule has 0 fully saturated rings. The number of nitrogens with zero attached hydrogens (tertiary/aromatic N) is 3. The van der Waals surface area contributed by atoms with Crippen LogP contribution < -0.4 is 22.5 Å². The number of hydrogen-bond donors (Lipinski definition) is 4. The Morgan fingerprint density at radius 1 is 1.39 bits per heavy atom. The highest BCUT2D eigenvalue weighted by atomic mass is 16.5. The Bertz CT molecular complexity index is 609. The molecule has 0 saturated heterocycles. The molecule has 1 rings (SSSR count). The highest BCUT2D eigenvalue weighted by Crippen LogP contribution is 2.06. The van der Waals surface area contributed by atoms with Crippen molar-refractivity contribution in [3.63, 3.8) is 0 Å². The molecule has 2 atom stereocenters. The van der Waals surface area contributed by atoms with E-state index in [9.17, 15) is 0 Å². The number of nitrogens with one attached hydrogen (secondary N) is 1. The summed E-state index contributed by atoms with van der Waals surface area (Å²) in [6.07, 6.45) is 9.43. The van der Waals surface area contributed by atoms with E-state index in [0.29, 0.717) is 38.7 Å². The van der Waals surface area contributed by atoms with E-state index in [-0.39, 0.29) is 12.0 Å². The van der Waals surface area contributed by atoms with E-state index in [0.717, 1.165) is 19.4 Å². The summed E-state index contributed by atoms with van der Waals surface area (Å²) in [5, 5.41) is 3.11. The molecule has 158 valence electrons. The van der Waals surface area contributed by atoms with Gasteiger partial charge in [-0.05, 0) is 38.8 Å². The second-order valence-corrected chi connectivity index (χ2v) is 6.52. The minimum Gasteiger partial charge on any atom is -0.387 e. The highest BCUT2D eigenvalue weighted by molar-refractivity contribution is 5.84. The Labute approximate surface area is 168 Å². The number of aryl methyl sites for hydroxylation is 2. The number of allylic oxidation sites excluding steroid dienone is 1. The third-order valence-corrected chi connectivity index (χ3v) is 4.29. The molecule has 8 heteroatoms. The fourth-order valence-electron chi connectivity index (χ4n) is 2.61. The molecule has 0 saturated carbocycles. The molecule has 0 unspecified atom stereocenters. The maximum Gasteiger partial charge on any atom is 0.105 e. The minimum atomic E-state index is -0.0970. The molecule has 0 aliphatic carbocycles. The van der Waals surface area contributed by atoms with Gasteiger partial charge in [0.05, 0.1) is 19.5 Å². The van der Waals surface area contributed by atoms with E-state index >= 15 is 0 Å². The average molecular weight is 392 g/mol. The Morgan fingerprint density at radius 3 is 2.93 bits per heavy atom. The summed E-state index contributed by atoms with van der Waals surface area (Å²) in [4.78, 5) is 8.56. The van der Waals surface area contributed by atoms with E-state index in [1.54, 1.807) is 12.5 Å². The van der Waals surface area contributed by atoms with Gasteiger partial charge in [0.15, 0.2) is 0 Å². The molecule has 0 aliphatic rings. The van der Waals surface area contributed by atoms with E-state index in [1.165, 1.54) is 5.69 Å². The highest BCUT2D eigenvalue weighted by Gasteiger charge is 2.09. The lowest BCUT2D eigenvalue weighted by Gasteiger charge is -2.13. The van der Waals surface area contributed by atoms with Crippen molar-refractivity contribution in [1.29, 1.82) is 0 Å². The van der Waals surface area contributed by atoms with Crippen LogP contribution in [0.25, 0.3) is 0 Å². The Morgan fingerprint density at radius 2 is 2.21 bits per heavy atom. The molecule has 1 aromatic heterocycles. The third kappa shape index (κ3) is 9.68. The van der Waals surface area contributed by atoms with Crippen molar-refractivity contribution in [2.75, 3.05) is 32.8 Å². The van der Waals surface area contributed by atoms with Crippen molar-refractivity contribution in [1.82, 2.24) is 9.88 Å². The number of nitrogens with two attached hydrogens (primary N) is 3. The lowest BCUT2D eigenvalue weighted by molar-refractivity contribution is 0.135. The van der Waals surface area contributed by atoms with Gasteiger partial charge in [-0.25, -0.2) is 4.99 Å². The monoisotopic (exact) mass is 391 g/mol. The predicted molar refractivity (Wildman–Crippen MR) is 118 cm³/mol. The van der Waals surface area contributed by atoms with Gasteiger partial charge in [0.2, 0.25) is 0 Å². The van der Waals surface area contributed by atoms with Gasteiger partial charge in [0.1, 0.15) is 5.84 Å². The molecule has 1 aromatic rings. The SMILES string of the molecule is CCOC[C@H](N)CN=CNC[C@@H](CN)C(N)=N/C=C/CCc1cccn1CC. The molecule has 0 spiro atoms. The van der Waals surface area contributed by atoms with Crippen LogP contribution in [0.1, 0.15) is 26.0 Å². The average Bonchev–Trinajstić information content (AvgIpc) is 3.16. The predicted octanol–water partition coefficient (Wildman–Crippen LogP) is 0.868. The quantitative estimate of drug-likeness (QED) is 0.260. The number of aliphatic imine (C=N–C) groups is 2. The first-order valence-electron chi connectivity index (χ1n) is 9.99. The van der Waals surface area contributed by atoms with Crippen LogP contribution >= 0.6 is 0 Å². The van der Waals surface area contributed by atoms with E-state index in [1.807, 2.05) is 13.0 Å². The zero-order chi connectivity index (χ0) is 20.6. The fraction of sp³-hybridized carbons (Fsp3) is 0.600. The van der Waals surface area contributed by atoms with Crippen LogP contribution in [0.4, 0.5) is 0 Å². The van der Waals surface area contributed by atoms with Crippen LogP contribution in [0, 0.1) is 5.92 Å². The van der Waals surface area contributed by atoms with Gasteiger partial charge in [0, 0.05) is 56.3 Å². The van der Waals surface area contributed by atoms with E-state index < -0.39 is 0 Å². The molecule has 0 aliphatic heterocycles. The summed E-state index contributed by atoms with van der Waals surface area (Å²) in [7, 11) is 0. The number of amidine groups is 1. The number of rotatable bonds is 15. The number of hydrogen-bond acceptors (Lipinski definition) is 5. The van der Waals surface area contributed by atoms with Crippen molar-refractivity contribution >= 4 is 12.2 Å². The summed E-state index contributed by atoms with van der Waals surface area (Å²) >= 11 is 0. The summed E-state index contributed by atoms with van der Waals surface area (Å²) in [5.74, 6) is 0.468. The second kappa shape index (κ2) is 14.8. The van der Waals surface area contributed by atoms with Gasteiger partial charge in [0.25, 0.3) is 0 Å². The van der Waals surface area contributed by atoms with Crippen molar-refractivity contribution in [3.8, 4) is 0 Å². The Balaban J connectivity index is 2.31. The molecular weight excluding hydrogens is 354 g/mol. The van der Waals surface area contributed by atoms with Crippen LogP contribution in [0.5, 0.6) is 0 Å². The van der Waals surface area contributed by atoms with E-state index in [2.05, 4.69) is 45.1 Å². The molecular formula is C20H37N7O. The number of ether oxygens (including phenoxy) is 1. The molecule has 0 aromatic carbocycles. The maximum atomic E-state index is 6.06. The minimum absolute atomic E-state index is 0.0504. The molecule has 7 N–H and O–H groups in total. The lowest BCUT2D eigenvalue weighted by Crippen LogP contribution is -2.38. The first kappa shape index (κ1) is 23.9. The first-order valence-corrected chi connectivity index (χ1v) is 9.99.